The zero-order valence-electron chi connectivity index (χ0n) is 5.50. The molecule has 0 amide bonds. The van der Waals surface area contributed by atoms with Gasteiger partial charge in [0.05, 0.1) is 0 Å². The number of aryl methyl sites for hydroxylation is 1. The van der Waals surface area contributed by atoms with E-state index in [4.69, 9.17) is 10.9 Å². The first-order valence-electron chi connectivity index (χ1n) is 2.73. The lowest BCUT2D eigenvalue weighted by Gasteiger charge is -1.98. The number of hydrogen-bond donors (Lipinski definition) is 3. The number of hydrogen-bond acceptors (Lipinski definition) is 5. The third-order valence-corrected chi connectivity index (χ3v) is 0.986. The zero-order valence-corrected chi connectivity index (χ0v) is 5.50. The summed E-state index contributed by atoms with van der Waals surface area (Å²) in [6, 6.07) is 1.58. The normalized spacial score (nSPS) is 9.40. The lowest BCUT2D eigenvalue weighted by atomic mass is 10.4. The van der Waals surface area contributed by atoms with Crippen molar-refractivity contribution in [1.82, 2.24) is 9.97 Å². The van der Waals surface area contributed by atoms with Crippen LogP contribution >= 0.6 is 0 Å². The van der Waals surface area contributed by atoms with Crippen LogP contribution in [0.25, 0.3) is 0 Å². The summed E-state index contributed by atoms with van der Waals surface area (Å²) >= 11 is 0. The van der Waals surface area contributed by atoms with Crippen molar-refractivity contribution >= 4 is 11.8 Å². The fraction of sp³-hybridized carbons (Fsp3) is 0.200. The van der Waals surface area contributed by atoms with Gasteiger partial charge in [0.1, 0.15) is 0 Å². The van der Waals surface area contributed by atoms with Crippen LogP contribution in [0.5, 0.6) is 0 Å². The van der Waals surface area contributed by atoms with E-state index in [0.717, 1.165) is 0 Å². The molecule has 54 valence electrons. The Kier molecular flexibility index (Phi) is 1.68. The van der Waals surface area contributed by atoms with Gasteiger partial charge in [0, 0.05) is 11.8 Å². The minimum Gasteiger partial charge on any atom is -0.368 e. The highest BCUT2D eigenvalue weighted by Gasteiger charge is 1.95. The lowest BCUT2D eigenvalue weighted by Crippen LogP contribution is -2.00. The van der Waals surface area contributed by atoms with Crippen LogP contribution in [-0.2, 0) is 0 Å². The van der Waals surface area contributed by atoms with Crippen molar-refractivity contribution in [3.8, 4) is 0 Å². The molecule has 1 aromatic heterocycles. The molecule has 1 rings (SSSR count). The number of aromatic nitrogens is 2. The lowest BCUT2D eigenvalue weighted by molar-refractivity contribution is 0.386. The Morgan fingerprint density at radius 3 is 2.80 bits per heavy atom. The average Bonchev–Trinajstić information content (AvgIpc) is 1.85. The minimum atomic E-state index is 0.150. The van der Waals surface area contributed by atoms with Gasteiger partial charge >= 0.3 is 0 Å². The van der Waals surface area contributed by atoms with E-state index < -0.39 is 0 Å². The van der Waals surface area contributed by atoms with Crippen LogP contribution in [0.3, 0.4) is 0 Å². The van der Waals surface area contributed by atoms with E-state index >= 15 is 0 Å². The average molecular weight is 140 g/mol. The Bertz CT molecular complexity index is 217. The van der Waals surface area contributed by atoms with Crippen molar-refractivity contribution in [3.05, 3.63) is 11.8 Å². The van der Waals surface area contributed by atoms with E-state index in [9.17, 15) is 0 Å². The summed E-state index contributed by atoms with van der Waals surface area (Å²) in [4.78, 5) is 7.46. The highest BCUT2D eigenvalue weighted by atomic mass is 16.5. The van der Waals surface area contributed by atoms with Crippen LogP contribution in [0, 0.1) is 6.92 Å². The van der Waals surface area contributed by atoms with Crippen molar-refractivity contribution < 1.29 is 5.21 Å². The molecular formula is C5H8N4O. The third-order valence-electron chi connectivity index (χ3n) is 0.986. The molecule has 0 aliphatic carbocycles. The van der Waals surface area contributed by atoms with Crippen molar-refractivity contribution in [2.45, 2.75) is 6.92 Å². The maximum absolute atomic E-state index is 8.39. The molecule has 1 aromatic rings. The number of nitrogen functional groups attached to an aromatic ring is 1. The number of nitrogens with one attached hydrogen (secondary N) is 1. The molecular weight excluding hydrogens is 132 g/mol. The molecule has 0 saturated heterocycles. The van der Waals surface area contributed by atoms with Gasteiger partial charge in [-0.15, -0.1) is 0 Å². The SMILES string of the molecule is Cc1cc(NO)nc(N)n1. The van der Waals surface area contributed by atoms with Crippen LogP contribution in [0.4, 0.5) is 11.8 Å². The number of anilines is 2. The van der Waals surface area contributed by atoms with Crippen molar-refractivity contribution in [1.29, 1.82) is 0 Å². The second-order valence-corrected chi connectivity index (χ2v) is 1.86. The smallest absolute Gasteiger partial charge is 0.222 e. The predicted octanol–water partition coefficient (Wildman–Crippen LogP) is 0.168. The number of nitrogens with zero attached hydrogens (tertiary/aromatic N) is 2. The maximum atomic E-state index is 8.39. The molecule has 10 heavy (non-hydrogen) atoms. The molecule has 0 atom stereocenters. The summed E-state index contributed by atoms with van der Waals surface area (Å²) in [6.07, 6.45) is 0. The third kappa shape index (κ3) is 1.32. The van der Waals surface area contributed by atoms with E-state index in [2.05, 4.69) is 9.97 Å². The van der Waals surface area contributed by atoms with E-state index in [-0.39, 0.29) is 5.95 Å². The first kappa shape index (κ1) is 6.76. The molecule has 0 aliphatic heterocycles. The quantitative estimate of drug-likeness (QED) is 0.484. The number of rotatable bonds is 1. The first-order valence-corrected chi connectivity index (χ1v) is 2.73. The van der Waals surface area contributed by atoms with Crippen molar-refractivity contribution in [2.75, 3.05) is 11.2 Å². The first-order chi connectivity index (χ1) is 4.72. The Morgan fingerprint density at radius 1 is 1.60 bits per heavy atom. The van der Waals surface area contributed by atoms with E-state index in [1.807, 2.05) is 5.48 Å². The largest absolute Gasteiger partial charge is 0.368 e. The molecule has 0 aromatic carbocycles. The van der Waals surface area contributed by atoms with Crippen LogP contribution in [-0.4, -0.2) is 15.2 Å². The van der Waals surface area contributed by atoms with Gasteiger partial charge in [-0.05, 0) is 6.92 Å². The predicted molar refractivity (Wildman–Crippen MR) is 36.6 cm³/mol. The maximum Gasteiger partial charge on any atom is 0.222 e. The van der Waals surface area contributed by atoms with Crippen LogP contribution in [0.2, 0.25) is 0 Å². The molecule has 0 bridgehead atoms. The molecule has 0 unspecified atom stereocenters. The van der Waals surface area contributed by atoms with E-state index in [1.165, 1.54) is 0 Å². The second kappa shape index (κ2) is 2.49. The summed E-state index contributed by atoms with van der Waals surface area (Å²) < 4.78 is 0. The molecule has 4 N–H and O–H groups in total. The Labute approximate surface area is 57.9 Å². The van der Waals surface area contributed by atoms with Gasteiger partial charge < -0.3 is 5.73 Å². The van der Waals surface area contributed by atoms with Crippen molar-refractivity contribution in [2.24, 2.45) is 0 Å². The van der Waals surface area contributed by atoms with Gasteiger partial charge in [-0.3, -0.25) is 10.7 Å². The zero-order chi connectivity index (χ0) is 7.56. The van der Waals surface area contributed by atoms with Gasteiger partial charge in [-0.25, -0.2) is 4.98 Å². The Hall–Kier alpha value is -1.36. The molecule has 0 saturated carbocycles. The monoisotopic (exact) mass is 140 g/mol. The Morgan fingerprint density at radius 2 is 2.30 bits per heavy atom. The molecule has 1 heterocycles. The van der Waals surface area contributed by atoms with Gasteiger partial charge in [-0.1, -0.05) is 0 Å². The standard InChI is InChI=1S/C5H8N4O/c1-3-2-4(9-10)8-5(6)7-3/h2,10H,1H3,(H3,6,7,8,9). The fourth-order valence-corrected chi connectivity index (χ4v) is 0.649. The van der Waals surface area contributed by atoms with Crippen LogP contribution < -0.4 is 11.2 Å². The van der Waals surface area contributed by atoms with Gasteiger partial charge in [0.15, 0.2) is 5.82 Å². The summed E-state index contributed by atoms with van der Waals surface area (Å²) in [5.74, 6) is 0.460. The van der Waals surface area contributed by atoms with Gasteiger partial charge in [0.2, 0.25) is 5.95 Å². The summed E-state index contributed by atoms with van der Waals surface area (Å²) in [6.45, 7) is 1.76. The van der Waals surface area contributed by atoms with Crippen LogP contribution in [0.15, 0.2) is 6.07 Å². The van der Waals surface area contributed by atoms with Gasteiger partial charge in [0.25, 0.3) is 0 Å². The summed E-state index contributed by atoms with van der Waals surface area (Å²) in [5.41, 5.74) is 7.85. The number of nitrogens with two attached hydrogens (primary N) is 1. The van der Waals surface area contributed by atoms with E-state index in [0.29, 0.717) is 11.5 Å². The summed E-state index contributed by atoms with van der Waals surface area (Å²) in [7, 11) is 0. The second-order valence-electron chi connectivity index (χ2n) is 1.86. The fourth-order valence-electron chi connectivity index (χ4n) is 0.649. The topological polar surface area (TPSA) is 84.1 Å². The molecule has 0 spiro atoms. The van der Waals surface area contributed by atoms with Crippen LogP contribution in [0.1, 0.15) is 5.69 Å². The highest BCUT2D eigenvalue weighted by molar-refractivity contribution is 5.37. The molecule has 5 nitrogen and oxygen atoms in total. The minimum absolute atomic E-state index is 0.150. The van der Waals surface area contributed by atoms with E-state index in [1.54, 1.807) is 13.0 Å². The Balaban J connectivity index is 3.06. The van der Waals surface area contributed by atoms with Gasteiger partial charge in [-0.2, -0.15) is 4.98 Å². The summed E-state index contributed by atoms with van der Waals surface area (Å²) in [5, 5.41) is 8.39. The molecule has 0 aliphatic rings. The molecule has 0 fully saturated rings. The highest BCUT2D eigenvalue weighted by Crippen LogP contribution is 2.04. The molecule has 5 heteroatoms. The van der Waals surface area contributed by atoms with Crippen molar-refractivity contribution in [3.63, 3.8) is 0 Å². The molecule has 0 radical (unpaired) electrons.